The summed E-state index contributed by atoms with van der Waals surface area (Å²) in [6.45, 7) is 4.24. The van der Waals surface area contributed by atoms with Crippen LogP contribution in [0, 0.1) is 5.92 Å². The lowest BCUT2D eigenvalue weighted by molar-refractivity contribution is -0.137. The number of aryl methyl sites for hydroxylation is 1. The quantitative estimate of drug-likeness (QED) is 0.811. The molecule has 3 aliphatic rings. The number of fused-ring (bicyclic) bond motifs is 2. The second-order valence-corrected chi connectivity index (χ2v) is 7.85. The number of nitrogens with one attached hydrogen (secondary N) is 2. The second kappa shape index (κ2) is 6.16. The predicted octanol–water partition coefficient (Wildman–Crippen LogP) is 4.52. The van der Waals surface area contributed by atoms with E-state index in [4.69, 9.17) is 0 Å². The van der Waals surface area contributed by atoms with Crippen LogP contribution in [0.4, 0.5) is 30.2 Å². The minimum absolute atomic E-state index is 0.474. The lowest BCUT2D eigenvalue weighted by Crippen LogP contribution is -2.41. The first kappa shape index (κ1) is 16.9. The molecule has 5 rings (SSSR count). The summed E-state index contributed by atoms with van der Waals surface area (Å²) in [4.78, 5) is 2.51. The highest BCUT2D eigenvalue weighted by molar-refractivity contribution is 5.73. The fourth-order valence-corrected chi connectivity index (χ4v) is 4.92. The van der Waals surface area contributed by atoms with Crippen LogP contribution < -0.4 is 15.5 Å². The maximum absolute atomic E-state index is 13.0. The molecule has 3 nitrogen and oxygen atoms in total. The lowest BCUT2D eigenvalue weighted by atomic mass is 9.80. The summed E-state index contributed by atoms with van der Waals surface area (Å²) >= 11 is 0. The van der Waals surface area contributed by atoms with E-state index in [2.05, 4.69) is 27.7 Å². The predicted molar refractivity (Wildman–Crippen MR) is 101 cm³/mol. The Bertz CT molecular complexity index is 877. The van der Waals surface area contributed by atoms with Crippen LogP contribution in [0.5, 0.6) is 0 Å². The average molecular weight is 373 g/mol. The van der Waals surface area contributed by atoms with Crippen molar-refractivity contribution in [3.8, 4) is 0 Å². The molecule has 0 aromatic heterocycles. The highest BCUT2D eigenvalue weighted by atomic mass is 19.4. The molecular formula is C21H22F3N3. The molecule has 2 aromatic rings. The molecule has 0 saturated carbocycles. The van der Waals surface area contributed by atoms with Crippen LogP contribution in [0.1, 0.15) is 29.0 Å². The average Bonchev–Trinajstić information content (AvgIpc) is 3.10. The van der Waals surface area contributed by atoms with Gasteiger partial charge < -0.3 is 15.5 Å². The Morgan fingerprint density at radius 1 is 1.07 bits per heavy atom. The molecule has 3 heterocycles. The van der Waals surface area contributed by atoms with Crippen LogP contribution in [0.25, 0.3) is 0 Å². The van der Waals surface area contributed by atoms with Crippen LogP contribution >= 0.6 is 0 Å². The van der Waals surface area contributed by atoms with Crippen molar-refractivity contribution in [1.29, 1.82) is 0 Å². The zero-order chi connectivity index (χ0) is 18.6. The molecule has 2 atom stereocenters. The van der Waals surface area contributed by atoms with Crippen molar-refractivity contribution in [2.24, 2.45) is 5.92 Å². The minimum Gasteiger partial charge on any atom is -0.371 e. The Morgan fingerprint density at radius 3 is 2.81 bits per heavy atom. The number of rotatable bonds is 2. The van der Waals surface area contributed by atoms with Crippen molar-refractivity contribution in [1.82, 2.24) is 5.32 Å². The van der Waals surface area contributed by atoms with Gasteiger partial charge in [0.2, 0.25) is 0 Å². The van der Waals surface area contributed by atoms with Gasteiger partial charge in [0.05, 0.1) is 5.56 Å². The van der Waals surface area contributed by atoms with Crippen LogP contribution in [0.2, 0.25) is 0 Å². The summed E-state index contributed by atoms with van der Waals surface area (Å²) in [5, 5.41) is 6.73. The number of benzene rings is 2. The topological polar surface area (TPSA) is 27.3 Å². The molecule has 0 bridgehead atoms. The van der Waals surface area contributed by atoms with Crippen LogP contribution in [-0.4, -0.2) is 26.2 Å². The summed E-state index contributed by atoms with van der Waals surface area (Å²) in [5.74, 6) is 1.11. The van der Waals surface area contributed by atoms with Gasteiger partial charge in [0.1, 0.15) is 0 Å². The molecule has 1 fully saturated rings. The number of hydrogen-bond acceptors (Lipinski definition) is 3. The van der Waals surface area contributed by atoms with Crippen molar-refractivity contribution in [2.45, 2.75) is 24.9 Å². The first-order chi connectivity index (χ1) is 13.0. The normalized spacial score (nSPS) is 23.7. The standard InChI is InChI=1S/C21H22F3N3/c22-21(23,24)15-4-1-5-16(8-15)26-17-7-13-3-2-6-27-12-14-10-25-11-19(14)18(9-17)20(13)27/h1,4-5,7-9,14,19,25-26H,2-3,6,10-12H2/t14-,19-/m1/s1. The number of hydrogen-bond donors (Lipinski definition) is 2. The monoisotopic (exact) mass is 373 g/mol. The molecular weight excluding hydrogens is 351 g/mol. The summed E-state index contributed by atoms with van der Waals surface area (Å²) in [7, 11) is 0. The molecule has 27 heavy (non-hydrogen) atoms. The molecule has 2 aromatic carbocycles. The van der Waals surface area contributed by atoms with E-state index >= 15 is 0 Å². The molecule has 1 saturated heterocycles. The summed E-state index contributed by atoms with van der Waals surface area (Å²) in [6.07, 6.45) is -2.17. The van der Waals surface area contributed by atoms with E-state index in [0.717, 1.165) is 50.8 Å². The van der Waals surface area contributed by atoms with E-state index in [-0.39, 0.29) is 0 Å². The van der Waals surface area contributed by atoms with Gasteiger partial charge in [-0.15, -0.1) is 0 Å². The van der Waals surface area contributed by atoms with Crippen LogP contribution in [-0.2, 0) is 12.6 Å². The molecule has 3 aliphatic heterocycles. The van der Waals surface area contributed by atoms with Crippen molar-refractivity contribution in [3.05, 3.63) is 53.1 Å². The van der Waals surface area contributed by atoms with E-state index in [9.17, 15) is 13.2 Å². The highest BCUT2D eigenvalue weighted by Crippen LogP contribution is 2.46. The minimum atomic E-state index is -4.33. The Kier molecular flexibility index (Phi) is 3.86. The van der Waals surface area contributed by atoms with Crippen molar-refractivity contribution in [2.75, 3.05) is 36.4 Å². The maximum atomic E-state index is 13.0. The fraction of sp³-hybridized carbons (Fsp3) is 0.429. The van der Waals surface area contributed by atoms with E-state index in [1.807, 2.05) is 0 Å². The van der Waals surface area contributed by atoms with Crippen molar-refractivity contribution in [3.63, 3.8) is 0 Å². The van der Waals surface area contributed by atoms with Gasteiger partial charge in [0, 0.05) is 49.2 Å². The fourth-order valence-electron chi connectivity index (χ4n) is 4.92. The summed E-state index contributed by atoms with van der Waals surface area (Å²) in [6, 6.07) is 9.69. The summed E-state index contributed by atoms with van der Waals surface area (Å²) < 4.78 is 39.0. The molecule has 0 amide bonds. The van der Waals surface area contributed by atoms with Gasteiger partial charge in [0.15, 0.2) is 0 Å². The van der Waals surface area contributed by atoms with Crippen LogP contribution in [0.15, 0.2) is 36.4 Å². The number of halogens is 3. The number of nitrogens with zero attached hydrogens (tertiary/aromatic N) is 1. The van der Waals surface area contributed by atoms with Crippen LogP contribution in [0.3, 0.4) is 0 Å². The van der Waals surface area contributed by atoms with Gasteiger partial charge >= 0.3 is 6.18 Å². The largest absolute Gasteiger partial charge is 0.416 e. The van der Waals surface area contributed by atoms with E-state index in [1.165, 1.54) is 28.9 Å². The SMILES string of the molecule is FC(F)(F)c1cccc(Nc2cc3c4c(c2)[C@@H]2CNC[C@@H]2CN4CCC3)c1. The lowest BCUT2D eigenvalue weighted by Gasteiger charge is -2.42. The number of anilines is 3. The Labute approximate surface area is 156 Å². The van der Waals surface area contributed by atoms with Crippen molar-refractivity contribution < 1.29 is 13.2 Å². The van der Waals surface area contributed by atoms with Gasteiger partial charge in [-0.25, -0.2) is 0 Å². The molecule has 6 heteroatoms. The third-order valence-electron chi connectivity index (χ3n) is 6.08. The van der Waals surface area contributed by atoms with Gasteiger partial charge in [-0.2, -0.15) is 13.2 Å². The molecule has 142 valence electrons. The van der Waals surface area contributed by atoms with Gasteiger partial charge in [-0.1, -0.05) is 6.07 Å². The molecule has 2 N–H and O–H groups in total. The molecule has 0 radical (unpaired) electrons. The first-order valence-corrected chi connectivity index (χ1v) is 9.56. The maximum Gasteiger partial charge on any atom is 0.416 e. The molecule has 0 unspecified atom stereocenters. The van der Waals surface area contributed by atoms with Gasteiger partial charge in [-0.05, 0) is 60.2 Å². The Balaban J connectivity index is 1.53. The summed E-state index contributed by atoms with van der Waals surface area (Å²) in [5.41, 5.74) is 4.78. The highest BCUT2D eigenvalue weighted by Gasteiger charge is 2.39. The molecule has 0 aliphatic carbocycles. The number of alkyl halides is 3. The van der Waals surface area contributed by atoms with E-state index in [1.54, 1.807) is 6.07 Å². The second-order valence-electron chi connectivity index (χ2n) is 7.85. The van der Waals surface area contributed by atoms with E-state index in [0.29, 0.717) is 17.5 Å². The van der Waals surface area contributed by atoms with E-state index < -0.39 is 11.7 Å². The first-order valence-electron chi connectivity index (χ1n) is 9.56. The zero-order valence-corrected chi connectivity index (χ0v) is 14.9. The molecule has 0 spiro atoms. The third kappa shape index (κ3) is 2.96. The van der Waals surface area contributed by atoms with Gasteiger partial charge in [0.25, 0.3) is 0 Å². The Hall–Kier alpha value is -2.21. The Morgan fingerprint density at radius 2 is 1.96 bits per heavy atom. The van der Waals surface area contributed by atoms with Gasteiger partial charge in [-0.3, -0.25) is 0 Å². The van der Waals surface area contributed by atoms with Crippen molar-refractivity contribution >= 4 is 17.1 Å². The third-order valence-corrected chi connectivity index (χ3v) is 6.08. The zero-order valence-electron chi connectivity index (χ0n) is 14.9. The smallest absolute Gasteiger partial charge is 0.371 e.